The minimum absolute atomic E-state index is 0.00171. The first kappa shape index (κ1) is 25.0. The van der Waals surface area contributed by atoms with Gasteiger partial charge in [-0.1, -0.05) is 30.3 Å². The fourth-order valence-corrected chi connectivity index (χ4v) is 5.35. The van der Waals surface area contributed by atoms with E-state index in [-0.39, 0.29) is 17.2 Å². The Morgan fingerprint density at radius 3 is 2.25 bits per heavy atom. The number of aryl methyl sites for hydroxylation is 1. The number of sulfonamides is 1. The van der Waals surface area contributed by atoms with E-state index >= 15 is 0 Å². The average molecular weight is 506 g/mol. The minimum atomic E-state index is -4.08. The fraction of sp³-hybridized carbons (Fsp3) is 0.185. The Morgan fingerprint density at radius 2 is 1.64 bits per heavy atom. The van der Waals surface area contributed by atoms with Crippen molar-refractivity contribution in [2.75, 3.05) is 25.6 Å². The summed E-state index contributed by atoms with van der Waals surface area (Å²) < 4.78 is 44.8. The quantitative estimate of drug-likeness (QED) is 0.320. The molecule has 0 N–H and O–H groups in total. The largest absolute Gasteiger partial charge is 0.497 e. The Bertz CT molecular complexity index is 1440. The maximum absolute atomic E-state index is 13.9. The Morgan fingerprint density at radius 1 is 0.833 bits per heavy atom. The van der Waals surface area contributed by atoms with E-state index in [0.29, 0.717) is 23.0 Å². The number of aromatic nitrogens is 2. The first-order valence-electron chi connectivity index (χ1n) is 11.1. The smallest absolute Gasteiger partial charge is 0.268 e. The van der Waals surface area contributed by atoms with Gasteiger partial charge < -0.3 is 14.2 Å². The predicted molar refractivity (Wildman–Crippen MR) is 138 cm³/mol. The van der Waals surface area contributed by atoms with Crippen molar-refractivity contribution >= 4 is 15.7 Å². The highest BCUT2D eigenvalue weighted by Crippen LogP contribution is 2.34. The molecule has 0 aliphatic carbocycles. The number of methoxy groups -OCH3 is 3. The van der Waals surface area contributed by atoms with Gasteiger partial charge in [-0.05, 0) is 42.3 Å². The van der Waals surface area contributed by atoms with Crippen molar-refractivity contribution in [2.45, 2.75) is 18.4 Å². The predicted octanol–water partition coefficient (Wildman–Crippen LogP) is 4.87. The van der Waals surface area contributed by atoms with E-state index in [0.717, 1.165) is 16.7 Å². The van der Waals surface area contributed by atoms with Gasteiger partial charge in [-0.15, -0.1) is 0 Å². The topological polar surface area (TPSA) is 90.9 Å². The molecule has 9 heteroatoms. The molecular formula is C27H27N3O5S. The number of ether oxygens (including phenoxy) is 3. The van der Waals surface area contributed by atoms with E-state index in [4.69, 9.17) is 14.2 Å². The molecule has 2 aromatic carbocycles. The number of rotatable bonds is 9. The Balaban J connectivity index is 1.75. The third kappa shape index (κ3) is 5.11. The second-order valence-corrected chi connectivity index (χ2v) is 9.77. The summed E-state index contributed by atoms with van der Waals surface area (Å²) in [6.45, 7) is 2.02. The van der Waals surface area contributed by atoms with Crippen LogP contribution in [-0.4, -0.2) is 39.7 Å². The molecule has 0 amide bonds. The normalized spacial score (nSPS) is 11.1. The van der Waals surface area contributed by atoms with Crippen LogP contribution in [0.15, 0.2) is 84.0 Å². The third-order valence-corrected chi connectivity index (χ3v) is 7.56. The maximum atomic E-state index is 13.9. The molecule has 8 nitrogen and oxygen atoms in total. The van der Waals surface area contributed by atoms with Crippen molar-refractivity contribution in [3.63, 3.8) is 0 Å². The van der Waals surface area contributed by atoms with Crippen LogP contribution >= 0.6 is 0 Å². The van der Waals surface area contributed by atoms with Crippen LogP contribution in [0.25, 0.3) is 11.1 Å². The zero-order valence-electron chi connectivity index (χ0n) is 20.5. The third-order valence-electron chi connectivity index (χ3n) is 5.74. The molecule has 0 saturated carbocycles. The van der Waals surface area contributed by atoms with Gasteiger partial charge in [0.05, 0.1) is 45.5 Å². The molecule has 0 aliphatic heterocycles. The number of benzene rings is 2. The van der Waals surface area contributed by atoms with Crippen molar-refractivity contribution in [1.29, 1.82) is 0 Å². The molecule has 186 valence electrons. The summed E-state index contributed by atoms with van der Waals surface area (Å²) in [5, 5.41) is 0. The standard InChI is InChI=1S/C27H27N3O5S/c1-19-7-5-6-8-24(19)20-9-10-21(28-16-20)18-30(22-11-14-27(35-4)29-17-22)36(31,32)26-13-12-23(33-2)15-25(26)34-3/h5-17H,18H2,1-4H3. The summed E-state index contributed by atoms with van der Waals surface area (Å²) in [7, 11) is 0.342. The van der Waals surface area contributed by atoms with Crippen molar-refractivity contribution in [1.82, 2.24) is 9.97 Å². The zero-order valence-corrected chi connectivity index (χ0v) is 21.3. The van der Waals surface area contributed by atoms with E-state index in [1.807, 2.05) is 43.3 Å². The molecule has 0 unspecified atom stereocenters. The molecule has 0 spiro atoms. The van der Waals surface area contributed by atoms with Gasteiger partial charge in [-0.2, -0.15) is 0 Å². The zero-order chi connectivity index (χ0) is 25.7. The summed E-state index contributed by atoms with van der Waals surface area (Å²) in [6, 6.07) is 19.6. The SMILES string of the molecule is COc1ccc(S(=O)(=O)N(Cc2ccc(-c3ccccc3C)cn2)c2ccc(OC)nc2)c(OC)c1. The molecule has 4 rings (SSSR count). The van der Waals surface area contributed by atoms with Crippen LogP contribution in [0.1, 0.15) is 11.3 Å². The number of pyridine rings is 2. The Kier molecular flexibility index (Phi) is 7.40. The van der Waals surface area contributed by atoms with Gasteiger partial charge in [0.2, 0.25) is 5.88 Å². The fourth-order valence-electron chi connectivity index (χ4n) is 3.78. The van der Waals surface area contributed by atoms with Gasteiger partial charge >= 0.3 is 0 Å². The van der Waals surface area contributed by atoms with Crippen LogP contribution in [0, 0.1) is 6.92 Å². The molecular weight excluding hydrogens is 478 g/mol. The monoisotopic (exact) mass is 505 g/mol. The molecule has 4 aromatic rings. The molecule has 0 radical (unpaired) electrons. The molecule has 0 atom stereocenters. The highest BCUT2D eigenvalue weighted by molar-refractivity contribution is 7.92. The van der Waals surface area contributed by atoms with Crippen molar-refractivity contribution in [2.24, 2.45) is 0 Å². The van der Waals surface area contributed by atoms with Crippen molar-refractivity contribution < 1.29 is 22.6 Å². The summed E-state index contributed by atoms with van der Waals surface area (Å²) >= 11 is 0. The molecule has 2 aromatic heterocycles. The van der Waals surface area contributed by atoms with Crippen LogP contribution in [0.3, 0.4) is 0 Å². The summed E-state index contributed by atoms with van der Waals surface area (Å²) in [5.41, 5.74) is 4.09. The number of anilines is 1. The van der Waals surface area contributed by atoms with Crippen molar-refractivity contribution in [3.8, 4) is 28.5 Å². The lowest BCUT2D eigenvalue weighted by Crippen LogP contribution is -2.31. The van der Waals surface area contributed by atoms with Crippen molar-refractivity contribution in [3.05, 3.63) is 90.4 Å². The molecule has 0 saturated heterocycles. The second-order valence-electron chi connectivity index (χ2n) is 7.94. The molecule has 36 heavy (non-hydrogen) atoms. The summed E-state index contributed by atoms with van der Waals surface area (Å²) in [4.78, 5) is 8.77. The average Bonchev–Trinajstić information content (AvgIpc) is 2.92. The van der Waals surface area contributed by atoms with Gasteiger partial charge in [-0.3, -0.25) is 9.29 Å². The van der Waals surface area contributed by atoms with Crippen LogP contribution in [0.4, 0.5) is 5.69 Å². The van der Waals surface area contributed by atoms with E-state index in [2.05, 4.69) is 9.97 Å². The molecule has 2 heterocycles. The van der Waals surface area contributed by atoms with E-state index in [1.165, 1.54) is 44.0 Å². The second kappa shape index (κ2) is 10.7. The van der Waals surface area contributed by atoms with Gasteiger partial charge in [0.15, 0.2) is 0 Å². The lowest BCUT2D eigenvalue weighted by Gasteiger charge is -2.25. The summed E-state index contributed by atoms with van der Waals surface area (Å²) in [6.07, 6.45) is 3.21. The van der Waals surface area contributed by atoms with Gasteiger partial charge in [0, 0.05) is 23.9 Å². The van der Waals surface area contributed by atoms with Crippen LogP contribution < -0.4 is 18.5 Å². The first-order valence-corrected chi connectivity index (χ1v) is 12.6. The van der Waals surface area contributed by atoms with E-state index in [1.54, 1.807) is 24.4 Å². The van der Waals surface area contributed by atoms with Crippen LogP contribution in [-0.2, 0) is 16.6 Å². The molecule has 0 aliphatic rings. The van der Waals surface area contributed by atoms with E-state index < -0.39 is 10.0 Å². The van der Waals surface area contributed by atoms with Gasteiger partial charge in [0.25, 0.3) is 10.0 Å². The maximum Gasteiger partial charge on any atom is 0.268 e. The lowest BCUT2D eigenvalue weighted by atomic mass is 10.0. The number of nitrogens with zero attached hydrogens (tertiary/aromatic N) is 3. The Labute approximate surface area is 211 Å². The minimum Gasteiger partial charge on any atom is -0.497 e. The first-order chi connectivity index (χ1) is 17.4. The number of hydrogen-bond acceptors (Lipinski definition) is 7. The Hall–Kier alpha value is -4.11. The van der Waals surface area contributed by atoms with Crippen LogP contribution in [0.2, 0.25) is 0 Å². The van der Waals surface area contributed by atoms with Gasteiger partial charge in [0.1, 0.15) is 16.4 Å². The highest BCUT2D eigenvalue weighted by Gasteiger charge is 2.29. The summed E-state index contributed by atoms with van der Waals surface area (Å²) in [5.74, 6) is 1.03. The number of hydrogen-bond donors (Lipinski definition) is 0. The highest BCUT2D eigenvalue weighted by atomic mass is 32.2. The molecule has 0 fully saturated rings. The van der Waals surface area contributed by atoms with Gasteiger partial charge in [-0.25, -0.2) is 13.4 Å². The van der Waals surface area contributed by atoms with E-state index in [9.17, 15) is 8.42 Å². The lowest BCUT2D eigenvalue weighted by molar-refractivity contribution is 0.386. The molecule has 0 bridgehead atoms. The van der Waals surface area contributed by atoms with Crippen LogP contribution in [0.5, 0.6) is 17.4 Å².